The first kappa shape index (κ1) is 14.5. The number of hydrogen-bond acceptors (Lipinski definition) is 6. The minimum atomic E-state index is -3.56. The van der Waals surface area contributed by atoms with Crippen LogP contribution in [0.25, 0.3) is 0 Å². The molecule has 19 heavy (non-hydrogen) atoms. The molecule has 1 fully saturated rings. The summed E-state index contributed by atoms with van der Waals surface area (Å²) in [5, 5.41) is 3.72. The van der Waals surface area contributed by atoms with Gasteiger partial charge >= 0.3 is 0 Å². The molecule has 3 N–H and O–H groups in total. The second-order valence-electron chi connectivity index (χ2n) is 5.78. The number of sulfonamides is 1. The van der Waals surface area contributed by atoms with E-state index >= 15 is 0 Å². The monoisotopic (exact) mass is 304 g/mol. The van der Waals surface area contributed by atoms with Gasteiger partial charge in [0.2, 0.25) is 10.0 Å². The normalized spacial score (nSPS) is 21.6. The van der Waals surface area contributed by atoms with Gasteiger partial charge in [-0.15, -0.1) is 0 Å². The molecule has 1 aliphatic rings. The molecule has 6 nitrogen and oxygen atoms in total. The molecular weight excluding hydrogens is 284 g/mol. The minimum Gasteiger partial charge on any atom is -0.382 e. The largest absolute Gasteiger partial charge is 0.382 e. The van der Waals surface area contributed by atoms with Crippen LogP contribution in [0.3, 0.4) is 0 Å². The average molecular weight is 304 g/mol. The van der Waals surface area contributed by atoms with Crippen molar-refractivity contribution in [2.45, 2.75) is 25.2 Å². The molecule has 2 rings (SSSR count). The van der Waals surface area contributed by atoms with Crippen LogP contribution in [-0.4, -0.2) is 37.7 Å². The first-order valence-corrected chi connectivity index (χ1v) is 8.29. The van der Waals surface area contributed by atoms with E-state index in [9.17, 15) is 8.42 Å². The SMILES string of the molecule is CN(C)S(=O)(=O)c1c(N)nsc1NCC1CC1(C)C. The molecule has 0 aromatic carbocycles. The van der Waals surface area contributed by atoms with E-state index < -0.39 is 10.0 Å². The van der Waals surface area contributed by atoms with Gasteiger partial charge in [0.15, 0.2) is 10.7 Å². The van der Waals surface area contributed by atoms with Gasteiger partial charge in [0.1, 0.15) is 5.00 Å². The Balaban J connectivity index is 2.19. The van der Waals surface area contributed by atoms with Gasteiger partial charge in [-0.2, -0.15) is 4.37 Å². The quantitative estimate of drug-likeness (QED) is 0.859. The lowest BCUT2D eigenvalue weighted by Gasteiger charge is -2.13. The van der Waals surface area contributed by atoms with Crippen molar-refractivity contribution in [3.8, 4) is 0 Å². The van der Waals surface area contributed by atoms with Crippen LogP contribution in [0, 0.1) is 11.3 Å². The standard InChI is InChI=1S/C11H20N4O2S2/c1-11(2)5-7(11)6-13-10-8(9(12)14-18-10)19(16,17)15(3)4/h7,13H,5-6H2,1-4H3,(H2,12,14). The maximum Gasteiger partial charge on any atom is 0.249 e. The molecule has 1 saturated carbocycles. The molecular formula is C11H20N4O2S2. The first-order chi connectivity index (χ1) is 8.66. The maximum absolute atomic E-state index is 12.2. The molecule has 1 unspecified atom stereocenters. The third-order valence-electron chi connectivity index (χ3n) is 3.64. The van der Waals surface area contributed by atoms with E-state index in [4.69, 9.17) is 5.73 Å². The Labute approximate surface area is 118 Å². The van der Waals surface area contributed by atoms with E-state index in [1.165, 1.54) is 14.1 Å². The van der Waals surface area contributed by atoms with E-state index in [1.54, 1.807) is 0 Å². The fourth-order valence-electron chi connectivity index (χ4n) is 1.98. The Bertz CT molecular complexity index is 578. The van der Waals surface area contributed by atoms with Crippen molar-refractivity contribution in [3.63, 3.8) is 0 Å². The highest BCUT2D eigenvalue weighted by molar-refractivity contribution is 7.89. The van der Waals surface area contributed by atoms with E-state index in [2.05, 4.69) is 23.5 Å². The average Bonchev–Trinajstić information content (AvgIpc) is 2.71. The zero-order valence-corrected chi connectivity index (χ0v) is 13.2. The highest BCUT2D eigenvalue weighted by atomic mass is 32.2. The lowest BCUT2D eigenvalue weighted by atomic mass is 10.1. The molecule has 0 radical (unpaired) electrons. The van der Waals surface area contributed by atoms with Crippen LogP contribution < -0.4 is 11.1 Å². The van der Waals surface area contributed by atoms with E-state index in [-0.39, 0.29) is 10.7 Å². The molecule has 1 aromatic rings. The van der Waals surface area contributed by atoms with Crippen LogP contribution in [-0.2, 0) is 10.0 Å². The number of nitrogen functional groups attached to an aromatic ring is 1. The summed E-state index contributed by atoms with van der Waals surface area (Å²) in [6, 6.07) is 0. The van der Waals surface area contributed by atoms with Crippen molar-refractivity contribution < 1.29 is 8.42 Å². The van der Waals surface area contributed by atoms with Gasteiger partial charge < -0.3 is 11.1 Å². The summed E-state index contributed by atoms with van der Waals surface area (Å²) in [5.74, 6) is 0.641. The van der Waals surface area contributed by atoms with Crippen molar-refractivity contribution >= 4 is 32.4 Å². The Hall–Kier alpha value is -0.860. The molecule has 0 saturated heterocycles. The number of nitrogens with one attached hydrogen (secondary N) is 1. The minimum absolute atomic E-state index is 0.0660. The lowest BCUT2D eigenvalue weighted by Crippen LogP contribution is -2.24. The van der Waals surface area contributed by atoms with Crippen LogP contribution in [0.5, 0.6) is 0 Å². The molecule has 0 bridgehead atoms. The molecule has 1 heterocycles. The fraction of sp³-hybridized carbons (Fsp3) is 0.727. The Morgan fingerprint density at radius 1 is 1.53 bits per heavy atom. The Kier molecular flexibility index (Phi) is 3.53. The molecule has 1 atom stereocenters. The van der Waals surface area contributed by atoms with E-state index in [1.807, 2.05) is 0 Å². The molecule has 0 amide bonds. The number of hydrogen-bond donors (Lipinski definition) is 2. The topological polar surface area (TPSA) is 88.3 Å². The van der Waals surface area contributed by atoms with Gasteiger partial charge in [0.05, 0.1) is 0 Å². The zero-order valence-electron chi connectivity index (χ0n) is 11.6. The second-order valence-corrected chi connectivity index (χ2v) is 8.65. The fourth-order valence-corrected chi connectivity index (χ4v) is 4.06. The summed E-state index contributed by atoms with van der Waals surface area (Å²) in [7, 11) is -0.585. The molecule has 0 spiro atoms. The van der Waals surface area contributed by atoms with Crippen LogP contribution in [0.4, 0.5) is 10.8 Å². The van der Waals surface area contributed by atoms with Crippen LogP contribution in [0.2, 0.25) is 0 Å². The summed E-state index contributed by atoms with van der Waals surface area (Å²) in [4.78, 5) is 0.0981. The number of aromatic nitrogens is 1. The van der Waals surface area contributed by atoms with Crippen LogP contribution >= 0.6 is 11.5 Å². The second kappa shape index (κ2) is 4.60. The predicted molar refractivity (Wildman–Crippen MR) is 77.8 cm³/mol. The van der Waals surface area contributed by atoms with Crippen molar-refractivity contribution in [1.29, 1.82) is 0 Å². The number of nitrogens with zero attached hydrogens (tertiary/aromatic N) is 2. The van der Waals surface area contributed by atoms with Crippen molar-refractivity contribution in [2.24, 2.45) is 11.3 Å². The highest BCUT2D eigenvalue weighted by Gasteiger charge is 2.45. The number of rotatable bonds is 5. The Morgan fingerprint density at radius 2 is 2.11 bits per heavy atom. The van der Waals surface area contributed by atoms with Crippen molar-refractivity contribution in [1.82, 2.24) is 8.68 Å². The van der Waals surface area contributed by atoms with Crippen molar-refractivity contribution in [3.05, 3.63) is 0 Å². The van der Waals surface area contributed by atoms with Gasteiger partial charge in [-0.05, 0) is 29.3 Å². The van der Waals surface area contributed by atoms with Gasteiger partial charge in [0.25, 0.3) is 0 Å². The highest BCUT2D eigenvalue weighted by Crippen LogP contribution is 2.51. The Morgan fingerprint density at radius 3 is 2.58 bits per heavy atom. The zero-order chi connectivity index (χ0) is 14.4. The third-order valence-corrected chi connectivity index (χ3v) is 6.48. The molecule has 1 aliphatic carbocycles. The number of nitrogens with two attached hydrogens (primary N) is 1. The van der Waals surface area contributed by atoms with E-state index in [0.717, 1.165) is 28.8 Å². The smallest absolute Gasteiger partial charge is 0.249 e. The van der Waals surface area contributed by atoms with Crippen LogP contribution in [0.15, 0.2) is 4.90 Å². The van der Waals surface area contributed by atoms with Crippen LogP contribution in [0.1, 0.15) is 20.3 Å². The summed E-state index contributed by atoms with van der Waals surface area (Å²) in [6.45, 7) is 5.17. The summed E-state index contributed by atoms with van der Waals surface area (Å²) in [6.07, 6.45) is 1.16. The van der Waals surface area contributed by atoms with Gasteiger partial charge in [0, 0.05) is 20.6 Å². The van der Waals surface area contributed by atoms with Gasteiger partial charge in [-0.1, -0.05) is 13.8 Å². The van der Waals surface area contributed by atoms with Gasteiger partial charge in [-0.25, -0.2) is 12.7 Å². The number of anilines is 2. The molecule has 108 valence electrons. The lowest BCUT2D eigenvalue weighted by molar-refractivity contribution is 0.521. The summed E-state index contributed by atoms with van der Waals surface area (Å²) in [5.41, 5.74) is 6.05. The maximum atomic E-state index is 12.2. The van der Waals surface area contributed by atoms with Gasteiger partial charge in [-0.3, -0.25) is 0 Å². The first-order valence-electron chi connectivity index (χ1n) is 6.08. The molecule has 8 heteroatoms. The summed E-state index contributed by atoms with van der Waals surface area (Å²) >= 11 is 1.10. The third kappa shape index (κ3) is 2.70. The molecule has 1 aromatic heterocycles. The van der Waals surface area contributed by atoms with Crippen molar-refractivity contribution in [2.75, 3.05) is 31.7 Å². The molecule has 0 aliphatic heterocycles. The van der Waals surface area contributed by atoms with E-state index in [0.29, 0.717) is 16.3 Å². The summed E-state index contributed by atoms with van der Waals surface area (Å²) < 4.78 is 29.5. The predicted octanol–water partition coefficient (Wildman–Crippen LogP) is 1.43.